The van der Waals surface area contributed by atoms with E-state index < -0.39 is 0 Å². The molecule has 0 saturated heterocycles. The monoisotopic (exact) mass is 319 g/mol. The molecule has 0 atom stereocenters. The Labute approximate surface area is 117 Å². The van der Waals surface area contributed by atoms with Crippen LogP contribution in [0.2, 0.25) is 5.02 Å². The average Bonchev–Trinajstić information content (AvgIpc) is 2.25. The van der Waals surface area contributed by atoms with Crippen LogP contribution in [0.15, 0.2) is 22.7 Å². The number of benzene rings is 1. The van der Waals surface area contributed by atoms with E-state index in [1.54, 1.807) is 0 Å². The lowest BCUT2D eigenvalue weighted by Crippen LogP contribution is -2.20. The zero-order valence-corrected chi connectivity index (χ0v) is 12.6. The third kappa shape index (κ3) is 6.41. The van der Waals surface area contributed by atoms with Crippen LogP contribution in [0.25, 0.3) is 0 Å². The lowest BCUT2D eigenvalue weighted by Gasteiger charge is -2.09. The van der Waals surface area contributed by atoms with Gasteiger partial charge >= 0.3 is 0 Å². The molecule has 0 radical (unpaired) electrons. The van der Waals surface area contributed by atoms with Crippen molar-refractivity contribution in [1.82, 2.24) is 5.32 Å². The molecule has 0 fully saturated rings. The molecule has 0 aliphatic heterocycles. The number of hydrogen-bond acceptors (Lipinski definition) is 2. The Balaban J connectivity index is 2.18. The Kier molecular flexibility index (Phi) is 7.12. The van der Waals surface area contributed by atoms with Gasteiger partial charge in [-0.1, -0.05) is 47.4 Å². The third-order valence-electron chi connectivity index (χ3n) is 2.20. The van der Waals surface area contributed by atoms with Crippen molar-refractivity contribution in [2.45, 2.75) is 20.4 Å². The van der Waals surface area contributed by atoms with Gasteiger partial charge in [0.25, 0.3) is 0 Å². The molecule has 0 heterocycles. The summed E-state index contributed by atoms with van der Waals surface area (Å²) in [6, 6.07) is 5.83. The Morgan fingerprint density at radius 1 is 1.41 bits per heavy atom. The Bertz CT molecular complexity index is 344. The lowest BCUT2D eigenvalue weighted by atomic mass is 10.2. The number of nitrogens with one attached hydrogen (secondary N) is 1. The molecule has 1 aromatic rings. The van der Waals surface area contributed by atoms with E-state index >= 15 is 0 Å². The summed E-state index contributed by atoms with van der Waals surface area (Å²) in [5.41, 5.74) is 1.21. The van der Waals surface area contributed by atoms with Crippen LogP contribution in [-0.4, -0.2) is 19.8 Å². The van der Waals surface area contributed by atoms with Crippen LogP contribution in [0.5, 0.6) is 0 Å². The Hall–Kier alpha value is -0.0900. The molecule has 0 aliphatic carbocycles. The van der Waals surface area contributed by atoms with Gasteiger partial charge in [0.15, 0.2) is 0 Å². The van der Waals surface area contributed by atoms with Crippen molar-refractivity contribution in [3.8, 4) is 0 Å². The normalized spacial score (nSPS) is 11.1. The first-order valence-corrected chi connectivity index (χ1v) is 6.99. The maximum absolute atomic E-state index is 5.88. The van der Waals surface area contributed by atoms with Crippen LogP contribution < -0.4 is 5.32 Å². The van der Waals surface area contributed by atoms with Gasteiger partial charge < -0.3 is 10.1 Å². The van der Waals surface area contributed by atoms with Crippen molar-refractivity contribution in [2.75, 3.05) is 19.8 Å². The molecule has 1 N–H and O–H groups in total. The van der Waals surface area contributed by atoms with E-state index in [1.807, 2.05) is 18.2 Å². The highest BCUT2D eigenvalue weighted by Crippen LogP contribution is 2.21. The van der Waals surface area contributed by atoms with Gasteiger partial charge in [-0.2, -0.15) is 0 Å². The summed E-state index contributed by atoms with van der Waals surface area (Å²) in [7, 11) is 0. The van der Waals surface area contributed by atoms with Gasteiger partial charge in [-0.3, -0.25) is 0 Å². The summed E-state index contributed by atoms with van der Waals surface area (Å²) in [6.45, 7) is 7.57. The molecule has 17 heavy (non-hydrogen) atoms. The zero-order chi connectivity index (χ0) is 12.7. The summed E-state index contributed by atoms with van der Waals surface area (Å²) in [5.74, 6) is 0.598. The molecule has 1 aromatic carbocycles. The van der Waals surface area contributed by atoms with Crippen molar-refractivity contribution in [1.29, 1.82) is 0 Å². The Morgan fingerprint density at radius 3 is 2.82 bits per heavy atom. The molecule has 0 amide bonds. The average molecular weight is 321 g/mol. The zero-order valence-electron chi connectivity index (χ0n) is 10.3. The second-order valence-electron chi connectivity index (χ2n) is 4.38. The molecular weight excluding hydrogens is 302 g/mol. The molecule has 0 bridgehead atoms. The maximum Gasteiger partial charge on any atom is 0.0591 e. The first kappa shape index (κ1) is 15.0. The van der Waals surface area contributed by atoms with Gasteiger partial charge in [0.2, 0.25) is 0 Å². The summed E-state index contributed by atoms with van der Waals surface area (Å²) < 4.78 is 6.53. The second kappa shape index (κ2) is 8.09. The number of rotatable bonds is 7. The van der Waals surface area contributed by atoms with Gasteiger partial charge in [-0.15, -0.1) is 0 Å². The predicted molar refractivity (Wildman–Crippen MR) is 76.5 cm³/mol. The maximum atomic E-state index is 5.88. The van der Waals surface area contributed by atoms with Gasteiger partial charge in [-0.25, -0.2) is 0 Å². The molecule has 0 saturated carbocycles. The molecule has 2 nitrogen and oxygen atoms in total. The largest absolute Gasteiger partial charge is 0.380 e. The molecule has 96 valence electrons. The van der Waals surface area contributed by atoms with Crippen LogP contribution in [0.4, 0.5) is 0 Å². The molecule has 0 aliphatic rings. The standard InChI is InChI=1S/C13H19BrClNO/c1-10(2)9-17-6-5-16-8-11-3-4-12(15)7-13(11)14/h3-4,7,10,16H,5-6,8-9H2,1-2H3. The van der Waals surface area contributed by atoms with E-state index in [1.165, 1.54) is 5.56 Å². The minimum absolute atomic E-state index is 0.598. The van der Waals surface area contributed by atoms with Crippen molar-refractivity contribution < 1.29 is 4.74 Å². The van der Waals surface area contributed by atoms with E-state index in [-0.39, 0.29) is 0 Å². The van der Waals surface area contributed by atoms with Crippen molar-refractivity contribution in [3.63, 3.8) is 0 Å². The Morgan fingerprint density at radius 2 is 2.18 bits per heavy atom. The van der Waals surface area contributed by atoms with Crippen LogP contribution in [-0.2, 0) is 11.3 Å². The first-order valence-electron chi connectivity index (χ1n) is 5.82. The van der Waals surface area contributed by atoms with E-state index in [9.17, 15) is 0 Å². The number of hydrogen-bond donors (Lipinski definition) is 1. The fraction of sp³-hybridized carbons (Fsp3) is 0.538. The van der Waals surface area contributed by atoms with Crippen LogP contribution in [0, 0.1) is 5.92 Å². The SMILES string of the molecule is CC(C)COCCNCc1ccc(Cl)cc1Br. The molecule has 4 heteroatoms. The van der Waals surface area contributed by atoms with E-state index in [0.717, 1.165) is 35.8 Å². The van der Waals surface area contributed by atoms with Gasteiger partial charge in [0.05, 0.1) is 6.61 Å². The van der Waals surface area contributed by atoms with E-state index in [2.05, 4.69) is 35.1 Å². The third-order valence-corrected chi connectivity index (χ3v) is 3.18. The summed E-state index contributed by atoms with van der Waals surface area (Å²) in [4.78, 5) is 0. The van der Waals surface area contributed by atoms with Gasteiger partial charge in [0, 0.05) is 29.2 Å². The molecular formula is C13H19BrClNO. The van der Waals surface area contributed by atoms with E-state index in [4.69, 9.17) is 16.3 Å². The quantitative estimate of drug-likeness (QED) is 0.770. The predicted octanol–water partition coefficient (Wildman–Crippen LogP) is 3.86. The van der Waals surface area contributed by atoms with E-state index in [0.29, 0.717) is 5.92 Å². The highest BCUT2D eigenvalue weighted by atomic mass is 79.9. The van der Waals surface area contributed by atoms with Gasteiger partial charge in [0.1, 0.15) is 0 Å². The second-order valence-corrected chi connectivity index (χ2v) is 5.67. The molecule has 1 rings (SSSR count). The lowest BCUT2D eigenvalue weighted by molar-refractivity contribution is 0.111. The fourth-order valence-corrected chi connectivity index (χ4v) is 2.17. The summed E-state index contributed by atoms with van der Waals surface area (Å²) in [5, 5.41) is 4.09. The minimum atomic E-state index is 0.598. The molecule has 0 unspecified atom stereocenters. The smallest absolute Gasteiger partial charge is 0.0591 e. The van der Waals surface area contributed by atoms with Crippen LogP contribution >= 0.6 is 27.5 Å². The topological polar surface area (TPSA) is 21.3 Å². The highest BCUT2D eigenvalue weighted by Gasteiger charge is 2.00. The van der Waals surface area contributed by atoms with Crippen molar-refractivity contribution in [3.05, 3.63) is 33.3 Å². The van der Waals surface area contributed by atoms with Crippen LogP contribution in [0.3, 0.4) is 0 Å². The van der Waals surface area contributed by atoms with Crippen LogP contribution in [0.1, 0.15) is 19.4 Å². The minimum Gasteiger partial charge on any atom is -0.380 e. The molecule has 0 spiro atoms. The highest BCUT2D eigenvalue weighted by molar-refractivity contribution is 9.10. The summed E-state index contributed by atoms with van der Waals surface area (Å²) >= 11 is 9.37. The first-order chi connectivity index (χ1) is 8.09. The number of halogens is 2. The van der Waals surface area contributed by atoms with Gasteiger partial charge in [-0.05, 0) is 23.6 Å². The summed E-state index contributed by atoms with van der Waals surface area (Å²) in [6.07, 6.45) is 0. The fourth-order valence-electron chi connectivity index (χ4n) is 1.35. The van der Waals surface area contributed by atoms with Crippen molar-refractivity contribution in [2.24, 2.45) is 5.92 Å². The number of ether oxygens (including phenoxy) is 1. The molecule has 0 aromatic heterocycles. The van der Waals surface area contributed by atoms with Crippen molar-refractivity contribution >= 4 is 27.5 Å².